The fraction of sp³-hybridized carbons (Fsp3) is 0.440. The lowest BCUT2D eigenvalue weighted by atomic mass is 9.71. The normalized spacial score (nSPS) is 19.4. The number of hydrogen-bond acceptors (Lipinski definition) is 5. The molecule has 1 heterocycles. The highest BCUT2D eigenvalue weighted by Gasteiger charge is 2.42. The minimum atomic E-state index is -0.340. The zero-order valence-corrected chi connectivity index (χ0v) is 17.6. The van der Waals surface area contributed by atoms with Crippen LogP contribution in [0.25, 0.3) is 0 Å². The molecule has 2 aliphatic carbocycles. The maximum Gasteiger partial charge on any atom is 0.162 e. The third kappa shape index (κ3) is 3.41. The van der Waals surface area contributed by atoms with Crippen molar-refractivity contribution >= 4 is 11.6 Å². The molecule has 5 nitrogen and oxygen atoms in total. The van der Waals surface area contributed by atoms with Crippen LogP contribution in [0.1, 0.15) is 56.9 Å². The van der Waals surface area contributed by atoms with Gasteiger partial charge in [0.1, 0.15) is 6.61 Å². The maximum atomic E-state index is 13.1. The van der Waals surface area contributed by atoms with Crippen molar-refractivity contribution in [3.05, 3.63) is 46.3 Å². The summed E-state index contributed by atoms with van der Waals surface area (Å²) in [5.74, 6) is 3.56. The first-order valence-electron chi connectivity index (χ1n) is 10.7. The van der Waals surface area contributed by atoms with E-state index in [2.05, 4.69) is 10.8 Å². The monoisotopic (exact) mass is 405 g/mol. The summed E-state index contributed by atoms with van der Waals surface area (Å²) in [4.78, 5) is 28.2. The SMILES string of the molecule is C#CCOc1ccc(C2C3=C(CCCC3=O)N(C)C3=C2C(=O)CCC3)cc1OCC. The molecule has 0 bridgehead atoms. The molecule has 4 rings (SSSR count). The summed E-state index contributed by atoms with van der Waals surface area (Å²) in [5.41, 5.74) is 4.57. The lowest BCUT2D eigenvalue weighted by Crippen LogP contribution is -2.37. The van der Waals surface area contributed by atoms with Gasteiger partial charge in [-0.05, 0) is 50.3 Å². The third-order valence-electron chi connectivity index (χ3n) is 6.16. The Morgan fingerprint density at radius 2 is 1.63 bits per heavy atom. The van der Waals surface area contributed by atoms with Gasteiger partial charge in [0.05, 0.1) is 6.61 Å². The molecular weight excluding hydrogens is 378 g/mol. The van der Waals surface area contributed by atoms with Gasteiger partial charge in [-0.2, -0.15) is 0 Å². The van der Waals surface area contributed by atoms with Crippen LogP contribution >= 0.6 is 0 Å². The first-order valence-corrected chi connectivity index (χ1v) is 10.7. The second-order valence-corrected chi connectivity index (χ2v) is 7.90. The van der Waals surface area contributed by atoms with Gasteiger partial charge in [-0.1, -0.05) is 12.0 Å². The Bertz CT molecular complexity index is 951. The van der Waals surface area contributed by atoms with Crippen LogP contribution in [-0.4, -0.2) is 36.7 Å². The molecule has 0 fully saturated rings. The predicted molar refractivity (Wildman–Crippen MR) is 114 cm³/mol. The van der Waals surface area contributed by atoms with Crippen molar-refractivity contribution in [2.45, 2.75) is 51.4 Å². The Morgan fingerprint density at radius 1 is 1.00 bits per heavy atom. The number of Topliss-reactive ketones (excluding diaryl/α,β-unsaturated/α-hetero) is 2. The van der Waals surface area contributed by atoms with Crippen LogP contribution in [0.15, 0.2) is 40.7 Å². The minimum absolute atomic E-state index is 0.142. The molecular formula is C25H27NO4. The van der Waals surface area contributed by atoms with Gasteiger partial charge in [-0.25, -0.2) is 0 Å². The van der Waals surface area contributed by atoms with Crippen molar-refractivity contribution in [3.63, 3.8) is 0 Å². The molecule has 1 aromatic carbocycles. The maximum absolute atomic E-state index is 13.1. The van der Waals surface area contributed by atoms with Crippen LogP contribution in [0, 0.1) is 12.3 Å². The summed E-state index contributed by atoms with van der Waals surface area (Å²) in [5, 5.41) is 0. The second kappa shape index (κ2) is 8.39. The van der Waals surface area contributed by atoms with E-state index in [1.165, 1.54) is 0 Å². The van der Waals surface area contributed by atoms with Crippen LogP contribution in [-0.2, 0) is 9.59 Å². The van der Waals surface area contributed by atoms with Crippen molar-refractivity contribution in [1.82, 2.24) is 4.90 Å². The number of rotatable bonds is 5. The number of nitrogens with zero attached hydrogens (tertiary/aromatic N) is 1. The van der Waals surface area contributed by atoms with Crippen LogP contribution in [0.5, 0.6) is 11.5 Å². The van der Waals surface area contributed by atoms with E-state index >= 15 is 0 Å². The summed E-state index contributed by atoms with van der Waals surface area (Å²) < 4.78 is 11.4. The molecule has 0 amide bonds. The number of ketones is 2. The smallest absolute Gasteiger partial charge is 0.162 e. The molecule has 0 spiro atoms. The molecule has 0 N–H and O–H groups in total. The van der Waals surface area contributed by atoms with Crippen molar-refractivity contribution in [2.24, 2.45) is 0 Å². The molecule has 0 unspecified atom stereocenters. The lowest BCUT2D eigenvalue weighted by Gasteiger charge is -2.42. The molecule has 0 saturated heterocycles. The molecule has 0 saturated carbocycles. The van der Waals surface area contributed by atoms with E-state index in [0.29, 0.717) is 30.9 Å². The van der Waals surface area contributed by atoms with Crippen LogP contribution in [0.3, 0.4) is 0 Å². The van der Waals surface area contributed by atoms with E-state index in [-0.39, 0.29) is 24.1 Å². The van der Waals surface area contributed by atoms with Crippen LogP contribution < -0.4 is 9.47 Å². The Hall–Kier alpha value is -3.00. The minimum Gasteiger partial charge on any atom is -0.490 e. The topological polar surface area (TPSA) is 55.8 Å². The zero-order chi connectivity index (χ0) is 21.3. The summed E-state index contributed by atoms with van der Waals surface area (Å²) in [6, 6.07) is 5.67. The van der Waals surface area contributed by atoms with Crippen molar-refractivity contribution in [3.8, 4) is 23.8 Å². The molecule has 3 aliphatic rings. The third-order valence-corrected chi connectivity index (χ3v) is 6.16. The zero-order valence-electron chi connectivity index (χ0n) is 17.6. The fourth-order valence-electron chi connectivity index (χ4n) is 4.90. The van der Waals surface area contributed by atoms with Gasteiger partial charge in [0.15, 0.2) is 23.1 Å². The molecule has 5 heteroatoms. The highest BCUT2D eigenvalue weighted by atomic mass is 16.5. The van der Waals surface area contributed by atoms with Gasteiger partial charge in [-0.3, -0.25) is 9.59 Å². The van der Waals surface area contributed by atoms with Gasteiger partial charge < -0.3 is 14.4 Å². The first kappa shape index (κ1) is 20.3. The van der Waals surface area contributed by atoms with E-state index in [1.807, 2.05) is 32.2 Å². The van der Waals surface area contributed by atoms with Gasteiger partial charge in [-0.15, -0.1) is 6.42 Å². The highest BCUT2D eigenvalue weighted by Crippen LogP contribution is 2.49. The first-order chi connectivity index (χ1) is 14.6. The van der Waals surface area contributed by atoms with Crippen molar-refractivity contribution in [2.75, 3.05) is 20.3 Å². The number of hydrogen-bond donors (Lipinski definition) is 0. The summed E-state index contributed by atoms with van der Waals surface area (Å²) in [6.07, 6.45) is 9.82. The van der Waals surface area contributed by atoms with Gasteiger partial charge in [0.25, 0.3) is 0 Å². The van der Waals surface area contributed by atoms with Crippen molar-refractivity contribution < 1.29 is 19.1 Å². The molecule has 156 valence electrons. The number of allylic oxidation sites excluding steroid dienone is 4. The Kier molecular flexibility index (Phi) is 5.67. The van der Waals surface area contributed by atoms with E-state index < -0.39 is 0 Å². The van der Waals surface area contributed by atoms with Gasteiger partial charge in [0.2, 0.25) is 0 Å². The molecule has 0 radical (unpaired) electrons. The van der Waals surface area contributed by atoms with Crippen LogP contribution in [0.4, 0.5) is 0 Å². The predicted octanol–water partition coefficient (Wildman–Crippen LogP) is 4.14. The quantitative estimate of drug-likeness (QED) is 0.689. The number of carbonyl (C=O) groups is 2. The summed E-state index contributed by atoms with van der Waals surface area (Å²) in [6.45, 7) is 2.53. The van der Waals surface area contributed by atoms with E-state index in [0.717, 1.165) is 53.8 Å². The Balaban J connectivity index is 1.87. The van der Waals surface area contributed by atoms with Crippen LogP contribution in [0.2, 0.25) is 0 Å². The van der Waals surface area contributed by atoms with Crippen molar-refractivity contribution in [1.29, 1.82) is 0 Å². The molecule has 1 aromatic rings. The molecule has 30 heavy (non-hydrogen) atoms. The number of terminal acetylenes is 1. The molecule has 0 aromatic heterocycles. The number of carbonyl (C=O) groups excluding carboxylic acids is 2. The van der Waals surface area contributed by atoms with E-state index in [1.54, 1.807) is 0 Å². The number of ether oxygens (including phenoxy) is 2. The summed E-state index contributed by atoms with van der Waals surface area (Å²) >= 11 is 0. The Morgan fingerprint density at radius 3 is 2.20 bits per heavy atom. The second-order valence-electron chi connectivity index (χ2n) is 7.90. The molecule has 0 atom stereocenters. The fourth-order valence-corrected chi connectivity index (χ4v) is 4.90. The standard InChI is InChI=1S/C25H27NO4/c1-4-14-30-21-13-12-16(15-22(21)29-5-2)23-24-17(8-6-10-19(24)27)26(3)18-9-7-11-20(28)25(18)23/h1,12-13,15,23H,5-11,14H2,2-3H3. The highest BCUT2D eigenvalue weighted by molar-refractivity contribution is 6.06. The average molecular weight is 405 g/mol. The Labute approximate surface area is 177 Å². The largest absolute Gasteiger partial charge is 0.490 e. The van der Waals surface area contributed by atoms with Gasteiger partial charge >= 0.3 is 0 Å². The molecule has 1 aliphatic heterocycles. The van der Waals surface area contributed by atoms with Gasteiger partial charge in [0, 0.05) is 48.3 Å². The van der Waals surface area contributed by atoms with E-state index in [9.17, 15) is 9.59 Å². The number of benzene rings is 1. The average Bonchev–Trinajstić information content (AvgIpc) is 2.74. The van der Waals surface area contributed by atoms with E-state index in [4.69, 9.17) is 15.9 Å². The summed E-state index contributed by atoms with van der Waals surface area (Å²) in [7, 11) is 2.00. The lowest BCUT2D eigenvalue weighted by molar-refractivity contribution is -0.117.